The van der Waals surface area contributed by atoms with Gasteiger partial charge in [-0.15, -0.1) is 0 Å². The molecule has 3 aromatic carbocycles. The third-order valence-electron chi connectivity index (χ3n) is 5.72. The molecule has 2 aliphatic rings. The van der Waals surface area contributed by atoms with Crippen molar-refractivity contribution in [2.24, 2.45) is 0 Å². The molecule has 0 unspecified atom stereocenters. The van der Waals surface area contributed by atoms with Gasteiger partial charge in [0.05, 0.1) is 29.8 Å². The van der Waals surface area contributed by atoms with Crippen molar-refractivity contribution in [2.75, 3.05) is 4.90 Å². The van der Waals surface area contributed by atoms with Gasteiger partial charge < -0.3 is 0 Å². The average Bonchev–Trinajstić information content (AvgIpc) is 3.03. The van der Waals surface area contributed by atoms with Crippen molar-refractivity contribution in [1.82, 2.24) is 4.90 Å². The van der Waals surface area contributed by atoms with Crippen LogP contribution in [-0.2, 0) is 17.8 Å². The van der Waals surface area contributed by atoms with Crippen molar-refractivity contribution in [2.45, 2.75) is 19.9 Å². The highest BCUT2D eigenvalue weighted by Gasteiger charge is 2.37. The Morgan fingerprint density at radius 1 is 0.806 bits per heavy atom. The molecule has 0 spiro atoms. The van der Waals surface area contributed by atoms with Crippen LogP contribution in [0, 0.1) is 6.92 Å². The van der Waals surface area contributed by atoms with E-state index in [0.717, 1.165) is 16.0 Å². The largest absolute Gasteiger partial charge is 0.274 e. The lowest BCUT2D eigenvalue weighted by atomic mass is 9.97. The molecule has 6 nitrogen and oxygen atoms in total. The minimum atomic E-state index is -0.376. The summed E-state index contributed by atoms with van der Waals surface area (Å²) in [5, 5.41) is 0. The standard InChI is InChI=1S/C25H18N2O4/c1-15-5-4-6-16(11-15)23(29)26-14-17-9-10-19(12-18(17)13-22(26)28)27-24(30)20-7-2-3-8-21(20)25(27)31/h2-12H,13-14H2,1H3. The van der Waals surface area contributed by atoms with Crippen molar-refractivity contribution in [3.05, 3.63) is 100 Å². The highest BCUT2D eigenvalue weighted by Crippen LogP contribution is 2.31. The maximum absolute atomic E-state index is 12.9. The van der Waals surface area contributed by atoms with E-state index in [1.165, 1.54) is 4.90 Å². The Balaban J connectivity index is 1.44. The summed E-state index contributed by atoms with van der Waals surface area (Å²) in [5.41, 5.74) is 4.12. The van der Waals surface area contributed by atoms with Crippen LogP contribution < -0.4 is 4.90 Å². The topological polar surface area (TPSA) is 74.8 Å². The van der Waals surface area contributed by atoms with Gasteiger partial charge in [0.1, 0.15) is 0 Å². The number of anilines is 1. The number of carbonyl (C=O) groups is 4. The first kappa shape index (κ1) is 18.9. The van der Waals surface area contributed by atoms with Crippen molar-refractivity contribution >= 4 is 29.3 Å². The lowest BCUT2D eigenvalue weighted by Gasteiger charge is -2.28. The average molecular weight is 410 g/mol. The number of fused-ring (bicyclic) bond motifs is 2. The van der Waals surface area contributed by atoms with E-state index in [1.54, 1.807) is 60.7 Å². The Morgan fingerprint density at radius 2 is 1.52 bits per heavy atom. The second kappa shape index (κ2) is 7.02. The molecule has 4 amide bonds. The third kappa shape index (κ3) is 3.04. The summed E-state index contributed by atoms with van der Waals surface area (Å²) in [7, 11) is 0. The maximum Gasteiger partial charge on any atom is 0.266 e. The molecule has 0 atom stereocenters. The van der Waals surface area contributed by atoms with E-state index in [-0.39, 0.29) is 36.6 Å². The molecule has 6 heteroatoms. The number of rotatable bonds is 2. The van der Waals surface area contributed by atoms with Crippen LogP contribution in [0.25, 0.3) is 0 Å². The van der Waals surface area contributed by atoms with E-state index in [1.807, 2.05) is 13.0 Å². The Labute approximate surface area is 178 Å². The van der Waals surface area contributed by atoms with Crippen LogP contribution in [0.2, 0.25) is 0 Å². The molecule has 0 aromatic heterocycles. The molecule has 5 rings (SSSR count). The fourth-order valence-electron chi connectivity index (χ4n) is 4.13. The predicted molar refractivity (Wildman–Crippen MR) is 114 cm³/mol. The zero-order chi connectivity index (χ0) is 21.7. The molecular formula is C25H18N2O4. The number of aryl methyl sites for hydroxylation is 1. The second-order valence-corrected chi connectivity index (χ2v) is 7.78. The molecule has 0 aliphatic carbocycles. The fourth-order valence-corrected chi connectivity index (χ4v) is 4.13. The summed E-state index contributed by atoms with van der Waals surface area (Å²) >= 11 is 0. The summed E-state index contributed by atoms with van der Waals surface area (Å²) < 4.78 is 0. The van der Waals surface area contributed by atoms with Gasteiger partial charge in [-0.25, -0.2) is 4.90 Å². The smallest absolute Gasteiger partial charge is 0.266 e. The minimum Gasteiger partial charge on any atom is -0.274 e. The van der Waals surface area contributed by atoms with Crippen LogP contribution in [0.3, 0.4) is 0 Å². The number of nitrogens with zero attached hydrogens (tertiary/aromatic N) is 2. The molecule has 0 fully saturated rings. The first-order chi connectivity index (χ1) is 14.9. The molecule has 0 radical (unpaired) electrons. The summed E-state index contributed by atoms with van der Waals surface area (Å²) in [5.74, 6) is -1.39. The van der Waals surface area contributed by atoms with E-state index in [2.05, 4.69) is 0 Å². The van der Waals surface area contributed by atoms with E-state index in [4.69, 9.17) is 0 Å². The molecule has 152 valence electrons. The van der Waals surface area contributed by atoms with Crippen molar-refractivity contribution in [3.8, 4) is 0 Å². The third-order valence-corrected chi connectivity index (χ3v) is 5.72. The maximum atomic E-state index is 12.9. The molecule has 2 heterocycles. The van der Waals surface area contributed by atoms with Crippen LogP contribution in [-0.4, -0.2) is 28.5 Å². The normalized spacial score (nSPS) is 15.2. The molecule has 0 bridgehead atoms. The van der Waals surface area contributed by atoms with Gasteiger partial charge in [-0.3, -0.25) is 24.1 Å². The first-order valence-corrected chi connectivity index (χ1v) is 9.95. The summed E-state index contributed by atoms with van der Waals surface area (Å²) in [6, 6.07) is 19.0. The zero-order valence-electron chi connectivity index (χ0n) is 16.8. The quantitative estimate of drug-likeness (QED) is 0.606. The number of carbonyl (C=O) groups excluding carboxylic acids is 4. The highest BCUT2D eigenvalue weighted by molar-refractivity contribution is 6.34. The number of imide groups is 2. The van der Waals surface area contributed by atoms with Gasteiger partial charge in [0.15, 0.2) is 0 Å². The molecule has 3 aromatic rings. The van der Waals surface area contributed by atoms with Crippen LogP contribution in [0.5, 0.6) is 0 Å². The predicted octanol–water partition coefficient (Wildman–Crippen LogP) is 3.52. The summed E-state index contributed by atoms with van der Waals surface area (Å²) in [6.45, 7) is 2.05. The minimum absolute atomic E-state index is 0.0316. The summed E-state index contributed by atoms with van der Waals surface area (Å²) in [6.07, 6.45) is 0.0316. The van der Waals surface area contributed by atoms with Gasteiger partial charge in [0, 0.05) is 5.56 Å². The molecule has 31 heavy (non-hydrogen) atoms. The number of hydrogen-bond donors (Lipinski definition) is 0. The Hall–Kier alpha value is -4.06. The van der Waals surface area contributed by atoms with Gasteiger partial charge in [-0.05, 0) is 54.4 Å². The van der Waals surface area contributed by atoms with E-state index >= 15 is 0 Å². The van der Waals surface area contributed by atoms with Gasteiger partial charge in [0.25, 0.3) is 17.7 Å². The monoisotopic (exact) mass is 410 g/mol. The molecule has 2 aliphatic heterocycles. The van der Waals surface area contributed by atoms with Crippen molar-refractivity contribution in [3.63, 3.8) is 0 Å². The molecule has 0 N–H and O–H groups in total. The van der Waals surface area contributed by atoms with Crippen LogP contribution in [0.1, 0.15) is 47.8 Å². The van der Waals surface area contributed by atoms with Crippen LogP contribution in [0.15, 0.2) is 66.7 Å². The van der Waals surface area contributed by atoms with E-state index in [0.29, 0.717) is 27.9 Å². The van der Waals surface area contributed by atoms with Gasteiger partial charge in [0.2, 0.25) is 5.91 Å². The Morgan fingerprint density at radius 3 is 2.19 bits per heavy atom. The second-order valence-electron chi connectivity index (χ2n) is 7.78. The van der Waals surface area contributed by atoms with Gasteiger partial charge in [-0.2, -0.15) is 0 Å². The number of benzene rings is 3. The van der Waals surface area contributed by atoms with Gasteiger partial charge in [-0.1, -0.05) is 35.9 Å². The number of hydrogen-bond acceptors (Lipinski definition) is 4. The molecule has 0 saturated carbocycles. The lowest BCUT2D eigenvalue weighted by molar-refractivity contribution is -0.129. The Kier molecular flexibility index (Phi) is 4.29. The molecule has 0 saturated heterocycles. The zero-order valence-corrected chi connectivity index (χ0v) is 16.8. The number of amides is 4. The van der Waals surface area contributed by atoms with Gasteiger partial charge >= 0.3 is 0 Å². The lowest BCUT2D eigenvalue weighted by Crippen LogP contribution is -2.41. The fraction of sp³-hybridized carbons (Fsp3) is 0.120. The van der Waals surface area contributed by atoms with E-state index < -0.39 is 0 Å². The van der Waals surface area contributed by atoms with Crippen LogP contribution in [0.4, 0.5) is 5.69 Å². The van der Waals surface area contributed by atoms with Crippen molar-refractivity contribution in [1.29, 1.82) is 0 Å². The highest BCUT2D eigenvalue weighted by atomic mass is 16.2. The van der Waals surface area contributed by atoms with Crippen molar-refractivity contribution < 1.29 is 19.2 Å². The SMILES string of the molecule is Cc1cccc(C(=O)N2Cc3ccc(N4C(=O)c5ccccc5C4=O)cc3CC2=O)c1. The molecular weight excluding hydrogens is 392 g/mol. The summed E-state index contributed by atoms with van der Waals surface area (Å²) in [4.78, 5) is 53.5. The Bertz CT molecular complexity index is 1260. The first-order valence-electron chi connectivity index (χ1n) is 9.95. The van der Waals surface area contributed by atoms with E-state index in [9.17, 15) is 19.2 Å². The van der Waals surface area contributed by atoms with Crippen LogP contribution >= 0.6 is 0 Å².